The fourth-order valence-electron chi connectivity index (χ4n) is 0.740. The molecule has 0 aromatic rings. The van der Waals surface area contributed by atoms with E-state index < -0.39 is 27.9 Å². The molecule has 6 nitrogen and oxygen atoms in total. The second-order valence-corrected chi connectivity index (χ2v) is 4.96. The van der Waals surface area contributed by atoms with E-state index in [0.29, 0.717) is 12.4 Å². The zero-order valence-corrected chi connectivity index (χ0v) is 10.5. The molecule has 10 heteroatoms. The lowest BCUT2D eigenvalue weighted by atomic mass is 10.5. The van der Waals surface area contributed by atoms with Gasteiger partial charge in [-0.2, -0.15) is 17.2 Å². The van der Waals surface area contributed by atoms with E-state index in [0.717, 1.165) is 0 Å². The molecule has 0 amide bonds. The lowest BCUT2D eigenvalue weighted by Crippen LogP contribution is -2.40. The van der Waals surface area contributed by atoms with Crippen molar-refractivity contribution >= 4 is 27.7 Å². The molecule has 0 radical (unpaired) electrons. The Bertz CT molecular complexity index is 361. The molecule has 0 bridgehead atoms. The molecule has 0 atom stereocenters. The first-order valence-electron chi connectivity index (χ1n) is 4.39. The third kappa shape index (κ3) is 5.11. The van der Waals surface area contributed by atoms with Crippen LogP contribution in [0.25, 0.3) is 0 Å². The van der Waals surface area contributed by atoms with Crippen LogP contribution in [0.15, 0.2) is 0 Å². The fraction of sp³-hybridized carbons (Fsp3) is 0.857. The third-order valence-corrected chi connectivity index (χ3v) is 2.72. The van der Waals surface area contributed by atoms with Gasteiger partial charge in [0.1, 0.15) is 6.61 Å². The molecule has 17 heavy (non-hydrogen) atoms. The van der Waals surface area contributed by atoms with Gasteiger partial charge in [-0.25, -0.2) is 4.79 Å². The van der Waals surface area contributed by atoms with Crippen LogP contribution in [-0.2, 0) is 19.6 Å². The normalized spacial score (nSPS) is 12.8. The fourth-order valence-corrected chi connectivity index (χ4v) is 1.30. The van der Waals surface area contributed by atoms with Crippen LogP contribution in [0.3, 0.4) is 0 Å². The summed E-state index contributed by atoms with van der Waals surface area (Å²) in [6, 6.07) is 0. The Morgan fingerprint density at radius 1 is 1.47 bits per heavy atom. The maximum absolute atomic E-state index is 12.6. The van der Waals surface area contributed by atoms with Crippen LogP contribution in [-0.4, -0.2) is 61.7 Å². The van der Waals surface area contributed by atoms with Crippen molar-refractivity contribution in [1.82, 2.24) is 4.90 Å². The van der Waals surface area contributed by atoms with E-state index in [4.69, 9.17) is 16.2 Å². The summed E-state index contributed by atoms with van der Waals surface area (Å²) in [7, 11) is -4.20. The lowest BCUT2D eigenvalue weighted by molar-refractivity contribution is -0.161. The highest BCUT2D eigenvalue weighted by Crippen LogP contribution is 2.21. The standard InChI is InChI=1S/C7H12ClF2NO5S/c1-11(3-2-8)4-5-16-6(12)7(9,10)17(13,14)15/h2-5H2,1H3,(H,13,14,15). The van der Waals surface area contributed by atoms with Gasteiger partial charge in [-0.3, -0.25) is 4.55 Å². The first kappa shape index (κ1) is 16.5. The second kappa shape index (κ2) is 6.43. The molecule has 1 N–H and O–H groups in total. The van der Waals surface area contributed by atoms with Gasteiger partial charge in [0.2, 0.25) is 0 Å². The van der Waals surface area contributed by atoms with Gasteiger partial charge in [0.15, 0.2) is 0 Å². The summed E-state index contributed by atoms with van der Waals surface area (Å²) in [5.41, 5.74) is 0. The Balaban J connectivity index is 4.21. The zero-order chi connectivity index (χ0) is 13.7. The highest BCUT2D eigenvalue weighted by atomic mass is 35.5. The number of nitrogens with zero attached hydrogens (tertiary/aromatic N) is 1. The Labute approximate surface area is 102 Å². The number of alkyl halides is 3. The van der Waals surface area contributed by atoms with Gasteiger partial charge in [0.25, 0.3) is 0 Å². The van der Waals surface area contributed by atoms with Crippen LogP contribution in [0, 0.1) is 0 Å². The number of ether oxygens (including phenoxy) is 1. The van der Waals surface area contributed by atoms with Crippen LogP contribution >= 0.6 is 11.6 Å². The van der Waals surface area contributed by atoms with Crippen molar-refractivity contribution in [3.63, 3.8) is 0 Å². The Morgan fingerprint density at radius 3 is 2.41 bits per heavy atom. The molecule has 0 aromatic heterocycles. The van der Waals surface area contributed by atoms with E-state index in [1.54, 1.807) is 11.9 Å². The van der Waals surface area contributed by atoms with Crippen molar-refractivity contribution in [1.29, 1.82) is 0 Å². The van der Waals surface area contributed by atoms with E-state index in [-0.39, 0.29) is 6.54 Å². The quantitative estimate of drug-likeness (QED) is 0.410. The number of likely N-dealkylation sites (N-methyl/N-ethyl adjacent to an activating group) is 1. The van der Waals surface area contributed by atoms with Gasteiger partial charge in [-0.1, -0.05) is 0 Å². The van der Waals surface area contributed by atoms with Gasteiger partial charge < -0.3 is 9.64 Å². The van der Waals surface area contributed by atoms with Crippen LogP contribution in [0.4, 0.5) is 8.78 Å². The molecule has 102 valence electrons. The summed E-state index contributed by atoms with van der Waals surface area (Å²) >= 11 is 5.39. The molecule has 0 fully saturated rings. The molecule has 0 unspecified atom stereocenters. The summed E-state index contributed by atoms with van der Waals surface area (Å²) in [6.45, 7) is 0.130. The van der Waals surface area contributed by atoms with Crippen molar-refractivity contribution < 1.29 is 31.3 Å². The Hall–Kier alpha value is -0.510. The Morgan fingerprint density at radius 2 is 2.00 bits per heavy atom. The van der Waals surface area contributed by atoms with Gasteiger partial charge in [0.05, 0.1) is 0 Å². The van der Waals surface area contributed by atoms with E-state index in [2.05, 4.69) is 4.74 Å². The van der Waals surface area contributed by atoms with E-state index in [1.807, 2.05) is 0 Å². The third-order valence-electron chi connectivity index (χ3n) is 1.73. The molecule has 0 aliphatic heterocycles. The molecule has 0 saturated carbocycles. The summed E-state index contributed by atoms with van der Waals surface area (Å²) in [5.74, 6) is -2.00. The van der Waals surface area contributed by atoms with Gasteiger partial charge in [-0.15, -0.1) is 11.6 Å². The number of rotatable bonds is 7. The molecule has 0 aliphatic carbocycles. The average molecular weight is 296 g/mol. The maximum Gasteiger partial charge on any atom is 0.465 e. The number of hydrogen-bond acceptors (Lipinski definition) is 5. The number of carbonyl (C=O) groups excluding carboxylic acids is 1. The summed E-state index contributed by atoms with van der Waals surface area (Å²) in [4.78, 5) is 12.3. The van der Waals surface area contributed by atoms with Gasteiger partial charge in [-0.05, 0) is 7.05 Å². The molecule has 0 saturated heterocycles. The topological polar surface area (TPSA) is 83.9 Å². The minimum atomic E-state index is -5.81. The minimum absolute atomic E-state index is 0.111. The summed E-state index contributed by atoms with van der Waals surface area (Å²) in [6.07, 6.45) is 0. The molecule has 0 aliphatic rings. The number of halogens is 3. The molecule has 0 aromatic carbocycles. The predicted molar refractivity (Wildman–Crippen MR) is 55.7 cm³/mol. The van der Waals surface area contributed by atoms with Crippen LogP contribution in [0.2, 0.25) is 0 Å². The molecule has 0 rings (SSSR count). The maximum atomic E-state index is 12.6. The number of esters is 1. The molecule has 0 heterocycles. The summed E-state index contributed by atoms with van der Waals surface area (Å²) < 4.78 is 57.8. The first-order chi connectivity index (χ1) is 7.63. The highest BCUT2D eigenvalue weighted by Gasteiger charge is 2.54. The van der Waals surface area contributed by atoms with Crippen molar-refractivity contribution in [2.75, 3.05) is 32.6 Å². The van der Waals surface area contributed by atoms with Gasteiger partial charge >= 0.3 is 21.3 Å². The van der Waals surface area contributed by atoms with Crippen LogP contribution in [0.1, 0.15) is 0 Å². The van der Waals surface area contributed by atoms with Crippen LogP contribution < -0.4 is 0 Å². The first-order valence-corrected chi connectivity index (χ1v) is 6.37. The van der Waals surface area contributed by atoms with Crippen molar-refractivity contribution in [3.05, 3.63) is 0 Å². The van der Waals surface area contributed by atoms with Crippen molar-refractivity contribution in [3.8, 4) is 0 Å². The smallest absolute Gasteiger partial charge is 0.459 e. The van der Waals surface area contributed by atoms with Crippen LogP contribution in [0.5, 0.6) is 0 Å². The lowest BCUT2D eigenvalue weighted by Gasteiger charge is -2.16. The number of hydrogen-bond donors (Lipinski definition) is 1. The summed E-state index contributed by atoms with van der Waals surface area (Å²) in [5, 5.41) is -4.95. The van der Waals surface area contributed by atoms with E-state index in [1.165, 1.54) is 0 Å². The van der Waals surface area contributed by atoms with E-state index >= 15 is 0 Å². The largest absolute Gasteiger partial charge is 0.465 e. The van der Waals surface area contributed by atoms with E-state index in [9.17, 15) is 22.0 Å². The SMILES string of the molecule is CN(CCCl)CCOC(=O)C(F)(F)S(=O)(=O)O. The second-order valence-electron chi connectivity index (χ2n) is 3.12. The Kier molecular flexibility index (Phi) is 6.24. The minimum Gasteiger partial charge on any atom is -0.459 e. The molecule has 0 spiro atoms. The predicted octanol–water partition coefficient (Wildman–Crippen LogP) is 0.181. The molecular formula is C7H12ClF2NO5S. The van der Waals surface area contributed by atoms with Crippen molar-refractivity contribution in [2.45, 2.75) is 5.25 Å². The highest BCUT2D eigenvalue weighted by molar-refractivity contribution is 7.87. The number of carbonyl (C=O) groups is 1. The zero-order valence-electron chi connectivity index (χ0n) is 8.90. The van der Waals surface area contributed by atoms with Crippen molar-refractivity contribution in [2.24, 2.45) is 0 Å². The van der Waals surface area contributed by atoms with Gasteiger partial charge in [0, 0.05) is 19.0 Å². The molecular weight excluding hydrogens is 284 g/mol. The monoisotopic (exact) mass is 295 g/mol. The average Bonchev–Trinajstić information content (AvgIpc) is 2.16.